The summed E-state index contributed by atoms with van der Waals surface area (Å²) in [6.07, 6.45) is 0.0108. The molecule has 1 heterocycles. The molecule has 2 N–H and O–H groups in total. The number of hydrogen-bond acceptors (Lipinski definition) is 5. The summed E-state index contributed by atoms with van der Waals surface area (Å²) in [6.45, 7) is 1.58. The van der Waals surface area contributed by atoms with Crippen LogP contribution < -0.4 is 20.2 Å². The quantitative estimate of drug-likeness (QED) is 0.741. The number of hydrazine groups is 1. The minimum Gasteiger partial charge on any atom is -0.497 e. The average molecular weight is 383 g/mol. The summed E-state index contributed by atoms with van der Waals surface area (Å²) in [5, 5.41) is 3.35. The number of imide groups is 1. The van der Waals surface area contributed by atoms with Crippen LogP contribution in [0.1, 0.15) is 18.1 Å². The first-order chi connectivity index (χ1) is 13.4. The molecule has 146 valence electrons. The molecular weight excluding hydrogens is 362 g/mol. The van der Waals surface area contributed by atoms with Crippen molar-refractivity contribution in [3.63, 3.8) is 0 Å². The smallest absolute Gasteiger partial charge is 0.344 e. The van der Waals surface area contributed by atoms with Crippen LogP contribution in [-0.4, -0.2) is 37.1 Å². The van der Waals surface area contributed by atoms with Crippen LogP contribution in [0.4, 0.5) is 4.79 Å². The molecule has 8 heteroatoms. The van der Waals surface area contributed by atoms with Crippen LogP contribution in [0.25, 0.3) is 0 Å². The second-order valence-corrected chi connectivity index (χ2v) is 6.49. The van der Waals surface area contributed by atoms with Gasteiger partial charge in [0.15, 0.2) is 0 Å². The maximum Gasteiger partial charge on any atom is 0.344 e. The Morgan fingerprint density at radius 1 is 1.07 bits per heavy atom. The maximum atomic E-state index is 12.9. The minimum absolute atomic E-state index is 0.0108. The van der Waals surface area contributed by atoms with Gasteiger partial charge in [-0.3, -0.25) is 15.0 Å². The van der Waals surface area contributed by atoms with Gasteiger partial charge < -0.3 is 14.8 Å². The number of carbonyl (C=O) groups is 3. The molecule has 1 saturated heterocycles. The molecule has 1 aliphatic rings. The molecule has 2 aromatic rings. The minimum atomic E-state index is -1.31. The first-order valence-electron chi connectivity index (χ1n) is 8.61. The van der Waals surface area contributed by atoms with Gasteiger partial charge >= 0.3 is 6.03 Å². The Hall–Kier alpha value is -3.55. The molecule has 0 radical (unpaired) electrons. The van der Waals surface area contributed by atoms with E-state index in [2.05, 4.69) is 10.7 Å². The molecule has 0 unspecified atom stereocenters. The van der Waals surface area contributed by atoms with E-state index in [0.717, 1.165) is 5.56 Å². The molecule has 0 bridgehead atoms. The van der Waals surface area contributed by atoms with E-state index in [-0.39, 0.29) is 6.42 Å². The summed E-state index contributed by atoms with van der Waals surface area (Å²) < 4.78 is 10.3. The van der Waals surface area contributed by atoms with Gasteiger partial charge in [-0.25, -0.2) is 4.79 Å². The van der Waals surface area contributed by atoms with Gasteiger partial charge in [0.1, 0.15) is 17.0 Å². The van der Waals surface area contributed by atoms with Crippen molar-refractivity contribution in [3.05, 3.63) is 59.7 Å². The Kier molecular flexibility index (Phi) is 5.21. The maximum absolute atomic E-state index is 12.9. The van der Waals surface area contributed by atoms with Crippen molar-refractivity contribution in [2.45, 2.75) is 18.9 Å². The second kappa shape index (κ2) is 7.59. The van der Waals surface area contributed by atoms with E-state index in [1.165, 1.54) is 7.11 Å². The van der Waals surface area contributed by atoms with Gasteiger partial charge in [-0.05, 0) is 42.3 Å². The predicted octanol–water partition coefficient (Wildman–Crippen LogP) is 1.74. The van der Waals surface area contributed by atoms with Crippen LogP contribution in [0.15, 0.2) is 48.5 Å². The van der Waals surface area contributed by atoms with Crippen LogP contribution in [0, 0.1) is 0 Å². The van der Waals surface area contributed by atoms with Crippen molar-refractivity contribution < 1.29 is 23.9 Å². The molecule has 28 heavy (non-hydrogen) atoms. The summed E-state index contributed by atoms with van der Waals surface area (Å²) in [6, 6.07) is 13.1. The van der Waals surface area contributed by atoms with E-state index in [9.17, 15) is 14.4 Å². The van der Waals surface area contributed by atoms with E-state index in [4.69, 9.17) is 9.47 Å². The highest BCUT2D eigenvalue weighted by molar-refractivity contribution is 6.08. The lowest BCUT2D eigenvalue weighted by molar-refractivity contribution is -0.138. The van der Waals surface area contributed by atoms with Gasteiger partial charge in [-0.15, -0.1) is 0 Å². The molecule has 1 atom stereocenters. The number of amides is 4. The highest BCUT2D eigenvalue weighted by Gasteiger charge is 2.50. The fraction of sp³-hybridized carbons (Fsp3) is 0.250. The van der Waals surface area contributed by atoms with Gasteiger partial charge in [0.2, 0.25) is 5.91 Å². The highest BCUT2D eigenvalue weighted by atomic mass is 16.5. The van der Waals surface area contributed by atoms with E-state index < -0.39 is 23.4 Å². The van der Waals surface area contributed by atoms with E-state index in [1.54, 1.807) is 62.6 Å². The zero-order valence-electron chi connectivity index (χ0n) is 15.8. The van der Waals surface area contributed by atoms with Crippen molar-refractivity contribution in [1.82, 2.24) is 15.8 Å². The van der Waals surface area contributed by atoms with Crippen LogP contribution in [0.2, 0.25) is 0 Å². The van der Waals surface area contributed by atoms with Gasteiger partial charge in [0.25, 0.3) is 5.91 Å². The van der Waals surface area contributed by atoms with Crippen LogP contribution in [0.3, 0.4) is 0 Å². The molecule has 0 saturated carbocycles. The third-order valence-corrected chi connectivity index (χ3v) is 4.60. The molecule has 8 nitrogen and oxygen atoms in total. The Bertz CT molecular complexity index is 912. The Labute approximate surface area is 162 Å². The average Bonchev–Trinajstić information content (AvgIpc) is 2.92. The van der Waals surface area contributed by atoms with E-state index in [0.29, 0.717) is 22.1 Å². The molecule has 4 amide bonds. The van der Waals surface area contributed by atoms with Gasteiger partial charge in [0.05, 0.1) is 20.6 Å². The van der Waals surface area contributed by atoms with Gasteiger partial charge in [-0.2, -0.15) is 5.01 Å². The van der Waals surface area contributed by atoms with Gasteiger partial charge in [-0.1, -0.05) is 24.3 Å². The SMILES string of the molecule is COc1ccc(CC(=O)NN2C(=O)N[C@@](C)(c3cccc(OC)c3)C2=O)cc1. The summed E-state index contributed by atoms with van der Waals surface area (Å²) in [5.41, 5.74) is 2.35. The molecular formula is C20H21N3O5. The van der Waals surface area contributed by atoms with E-state index >= 15 is 0 Å². The fourth-order valence-corrected chi connectivity index (χ4v) is 2.96. The number of nitrogens with zero attached hydrogens (tertiary/aromatic N) is 1. The molecule has 1 fully saturated rings. The Morgan fingerprint density at radius 2 is 1.75 bits per heavy atom. The number of hydrogen-bond donors (Lipinski definition) is 2. The second-order valence-electron chi connectivity index (χ2n) is 6.49. The fourth-order valence-electron chi connectivity index (χ4n) is 2.96. The van der Waals surface area contributed by atoms with Gasteiger partial charge in [0, 0.05) is 0 Å². The third kappa shape index (κ3) is 3.62. The third-order valence-electron chi connectivity index (χ3n) is 4.60. The Balaban J connectivity index is 1.73. The molecule has 1 aliphatic heterocycles. The monoisotopic (exact) mass is 383 g/mol. The molecule has 2 aromatic carbocycles. The van der Waals surface area contributed by atoms with Crippen molar-refractivity contribution >= 4 is 17.8 Å². The van der Waals surface area contributed by atoms with Crippen LogP contribution in [-0.2, 0) is 21.5 Å². The standard InChI is InChI=1S/C20H21N3O5/c1-20(14-5-4-6-16(12-14)28-3)18(25)23(19(26)21-20)22-17(24)11-13-7-9-15(27-2)10-8-13/h4-10,12H,11H2,1-3H3,(H,21,26)(H,22,24)/t20-/m0/s1. The summed E-state index contributed by atoms with van der Waals surface area (Å²) in [7, 11) is 3.07. The number of methoxy groups -OCH3 is 2. The molecule has 0 aliphatic carbocycles. The van der Waals surface area contributed by atoms with E-state index in [1.807, 2.05) is 0 Å². The zero-order valence-corrected chi connectivity index (χ0v) is 15.8. The van der Waals surface area contributed by atoms with Crippen molar-refractivity contribution in [2.75, 3.05) is 14.2 Å². The lowest BCUT2D eigenvalue weighted by atomic mass is 9.92. The molecule has 0 spiro atoms. The molecule has 3 rings (SSSR count). The molecule has 0 aromatic heterocycles. The number of nitrogens with one attached hydrogen (secondary N) is 2. The number of carbonyl (C=O) groups excluding carboxylic acids is 3. The first-order valence-corrected chi connectivity index (χ1v) is 8.61. The normalized spacial score (nSPS) is 18.6. The van der Waals surface area contributed by atoms with Crippen molar-refractivity contribution in [3.8, 4) is 11.5 Å². The topological polar surface area (TPSA) is 97.0 Å². The van der Waals surface area contributed by atoms with Crippen molar-refractivity contribution in [1.29, 1.82) is 0 Å². The number of urea groups is 1. The first kappa shape index (κ1) is 19.2. The predicted molar refractivity (Wildman–Crippen MR) is 101 cm³/mol. The Morgan fingerprint density at radius 3 is 2.39 bits per heavy atom. The number of benzene rings is 2. The van der Waals surface area contributed by atoms with Crippen LogP contribution >= 0.6 is 0 Å². The highest BCUT2D eigenvalue weighted by Crippen LogP contribution is 2.30. The summed E-state index contributed by atoms with van der Waals surface area (Å²) >= 11 is 0. The number of ether oxygens (including phenoxy) is 2. The summed E-state index contributed by atoms with van der Waals surface area (Å²) in [4.78, 5) is 37.5. The lowest BCUT2D eigenvalue weighted by Gasteiger charge is -2.22. The number of rotatable bonds is 6. The van der Waals surface area contributed by atoms with Crippen LogP contribution in [0.5, 0.6) is 11.5 Å². The largest absolute Gasteiger partial charge is 0.497 e. The zero-order chi connectivity index (χ0) is 20.3. The van der Waals surface area contributed by atoms with Crippen molar-refractivity contribution in [2.24, 2.45) is 0 Å². The summed E-state index contributed by atoms with van der Waals surface area (Å²) in [5.74, 6) is 0.174. The lowest BCUT2D eigenvalue weighted by Crippen LogP contribution is -2.48.